The maximum atomic E-state index is 2.35. The predicted octanol–water partition coefficient (Wildman–Crippen LogP) is 5.92. The number of hydrogen-bond donors (Lipinski definition) is 0. The van der Waals surface area contributed by atoms with Gasteiger partial charge in [-0.2, -0.15) is 0 Å². The smallest absolute Gasteiger partial charge is 0.0616 e. The van der Waals surface area contributed by atoms with Crippen molar-refractivity contribution in [2.75, 3.05) is 0 Å². The minimum absolute atomic E-state index is 1.32. The summed E-state index contributed by atoms with van der Waals surface area (Å²) in [6, 6.07) is 29.1. The van der Waals surface area contributed by atoms with Crippen LogP contribution in [0, 0.1) is 5.92 Å². The number of rotatable bonds is 0. The summed E-state index contributed by atoms with van der Waals surface area (Å²) in [4.78, 5) is 0. The lowest BCUT2D eigenvalue weighted by Crippen LogP contribution is -2.11. The summed E-state index contributed by atoms with van der Waals surface area (Å²) in [6.07, 6.45) is 0. The second-order valence-corrected chi connectivity index (χ2v) is 6.43. The molecule has 0 aromatic heterocycles. The van der Waals surface area contributed by atoms with Crippen molar-refractivity contribution < 1.29 is 0 Å². The molecule has 3 aliphatic carbocycles. The molecule has 0 nitrogen and oxygen atoms in total. The average molecular weight is 289 g/mol. The first kappa shape index (κ1) is 11.6. The van der Waals surface area contributed by atoms with Gasteiger partial charge >= 0.3 is 0 Å². The first-order valence-electron chi connectivity index (χ1n) is 8.05. The summed E-state index contributed by atoms with van der Waals surface area (Å²) < 4.78 is 0. The van der Waals surface area contributed by atoms with Gasteiger partial charge in [0.25, 0.3) is 0 Å². The molecule has 0 saturated heterocycles. The van der Waals surface area contributed by atoms with Crippen LogP contribution >= 0.6 is 0 Å². The Labute approximate surface area is 134 Å². The molecule has 0 fully saturated rings. The molecule has 0 bridgehead atoms. The second-order valence-electron chi connectivity index (χ2n) is 6.43. The monoisotopic (exact) mass is 289 g/mol. The number of hydrogen-bond acceptors (Lipinski definition) is 0. The van der Waals surface area contributed by atoms with Crippen LogP contribution in [0.25, 0.3) is 32.3 Å². The Morgan fingerprint density at radius 3 is 2.39 bits per heavy atom. The Hall–Kier alpha value is -2.99. The summed E-state index contributed by atoms with van der Waals surface area (Å²) in [6.45, 7) is 0. The van der Waals surface area contributed by atoms with Gasteiger partial charge in [0.15, 0.2) is 0 Å². The van der Waals surface area contributed by atoms with E-state index in [2.05, 4.69) is 78.9 Å². The Morgan fingerprint density at radius 2 is 1.39 bits per heavy atom. The lowest BCUT2D eigenvalue weighted by atomic mass is 9.74. The van der Waals surface area contributed by atoms with E-state index >= 15 is 0 Å². The molecule has 0 heteroatoms. The number of benzene rings is 3. The molecule has 0 heterocycles. The zero-order valence-electron chi connectivity index (χ0n) is 12.5. The minimum atomic E-state index is 1.32. The molecular weight excluding hydrogens is 276 g/mol. The Kier molecular flexibility index (Phi) is 1.94. The van der Waals surface area contributed by atoms with Gasteiger partial charge in [-0.1, -0.05) is 24.3 Å². The van der Waals surface area contributed by atoms with E-state index in [9.17, 15) is 0 Å². The molecule has 0 N–H and O–H groups in total. The topological polar surface area (TPSA) is 0 Å². The van der Waals surface area contributed by atoms with Gasteiger partial charge in [-0.15, -0.1) is 0 Å². The maximum Gasteiger partial charge on any atom is 0.0707 e. The van der Waals surface area contributed by atoms with Crippen molar-refractivity contribution in [3.05, 3.63) is 101 Å². The highest BCUT2D eigenvalue weighted by Gasteiger charge is 2.32. The number of fused-ring (bicyclic) bond motifs is 2. The second kappa shape index (κ2) is 3.85. The third kappa shape index (κ3) is 1.34. The first-order valence-corrected chi connectivity index (χ1v) is 8.05. The first-order chi connectivity index (χ1) is 11.4. The fourth-order valence-corrected chi connectivity index (χ4v) is 4.26. The van der Waals surface area contributed by atoms with Crippen LogP contribution in [-0.4, -0.2) is 0 Å². The molecule has 0 amide bonds. The third-order valence-corrected chi connectivity index (χ3v) is 5.22. The van der Waals surface area contributed by atoms with E-state index in [4.69, 9.17) is 0 Å². The van der Waals surface area contributed by atoms with Crippen LogP contribution in [-0.2, 0) is 0 Å². The van der Waals surface area contributed by atoms with Crippen molar-refractivity contribution in [2.45, 2.75) is 0 Å². The van der Waals surface area contributed by atoms with Gasteiger partial charge < -0.3 is 0 Å². The van der Waals surface area contributed by atoms with E-state index in [-0.39, 0.29) is 0 Å². The molecule has 0 aliphatic heterocycles. The molecule has 3 aromatic carbocycles. The lowest BCUT2D eigenvalue weighted by molar-refractivity contribution is 1.23. The molecule has 0 unspecified atom stereocenters. The van der Waals surface area contributed by atoms with Crippen molar-refractivity contribution in [3.8, 4) is 0 Å². The van der Waals surface area contributed by atoms with Crippen LogP contribution in [0.5, 0.6) is 0 Å². The largest absolute Gasteiger partial charge is 0.0707 e. The third-order valence-electron chi connectivity index (χ3n) is 5.22. The Balaban J connectivity index is 1.99. The molecule has 0 spiro atoms. The normalized spacial score (nSPS) is 13.1. The Bertz CT molecular complexity index is 1210. The summed E-state index contributed by atoms with van der Waals surface area (Å²) >= 11 is 0. The molecule has 3 aliphatic rings. The molecule has 23 heavy (non-hydrogen) atoms. The molecular formula is C23H13+. The zero-order valence-corrected chi connectivity index (χ0v) is 12.5. The van der Waals surface area contributed by atoms with Crippen LogP contribution in [0.4, 0.5) is 0 Å². The van der Waals surface area contributed by atoms with Gasteiger partial charge in [0, 0.05) is 27.6 Å². The highest BCUT2D eigenvalue weighted by atomic mass is 14.3. The summed E-state index contributed by atoms with van der Waals surface area (Å²) in [5, 5.41) is 8.11. The fraction of sp³-hybridized carbons (Fsp3) is 0. The van der Waals surface area contributed by atoms with E-state index < -0.39 is 0 Å². The van der Waals surface area contributed by atoms with Gasteiger partial charge in [-0.05, 0) is 59.3 Å². The van der Waals surface area contributed by atoms with E-state index in [1.807, 2.05) is 0 Å². The van der Waals surface area contributed by atoms with Crippen molar-refractivity contribution in [1.82, 2.24) is 0 Å². The fourth-order valence-electron chi connectivity index (χ4n) is 4.26. The highest BCUT2D eigenvalue weighted by molar-refractivity contribution is 6.20. The molecule has 0 saturated carbocycles. The van der Waals surface area contributed by atoms with Crippen molar-refractivity contribution >= 4 is 32.3 Å². The molecule has 0 atom stereocenters. The maximum absolute atomic E-state index is 2.35. The highest BCUT2D eigenvalue weighted by Crippen LogP contribution is 2.46. The molecule has 6 rings (SSSR count). The summed E-state index contributed by atoms with van der Waals surface area (Å²) in [7, 11) is 0. The van der Waals surface area contributed by atoms with Crippen LogP contribution in [0.3, 0.4) is 0 Å². The standard InChI is InChI=1S/C23H13/c1-2-7-19-16(4-1)12-18-13-17-6-3-5-14-8-9-15-10-11-20(19)22(18)23(15)21(14)17/h1-13H/q+1. The van der Waals surface area contributed by atoms with Gasteiger partial charge in [0.1, 0.15) is 0 Å². The van der Waals surface area contributed by atoms with Crippen LogP contribution < -0.4 is 0 Å². The average Bonchev–Trinajstić information content (AvgIpc) is 2.61. The quantitative estimate of drug-likeness (QED) is 0.240. The van der Waals surface area contributed by atoms with Crippen molar-refractivity contribution in [2.24, 2.45) is 0 Å². The minimum Gasteiger partial charge on any atom is -0.0616 e. The van der Waals surface area contributed by atoms with E-state index in [0.717, 1.165) is 0 Å². The SMILES string of the molecule is c1cc2ccc3ccc4c5ccccc5cc5cc(c1)[C+]2c3c54. The zero-order chi connectivity index (χ0) is 15.0. The van der Waals surface area contributed by atoms with Crippen LogP contribution in [0.2, 0.25) is 0 Å². The molecule has 104 valence electrons. The van der Waals surface area contributed by atoms with E-state index in [1.54, 1.807) is 0 Å². The summed E-state index contributed by atoms with van der Waals surface area (Å²) in [5.74, 6) is 1.40. The predicted molar refractivity (Wildman–Crippen MR) is 97.1 cm³/mol. The molecule has 0 radical (unpaired) electrons. The van der Waals surface area contributed by atoms with Crippen LogP contribution in [0.1, 0.15) is 16.7 Å². The molecule has 3 aromatic rings. The Morgan fingerprint density at radius 1 is 0.522 bits per heavy atom. The van der Waals surface area contributed by atoms with E-state index in [1.165, 1.54) is 54.9 Å². The summed E-state index contributed by atoms with van der Waals surface area (Å²) in [5.41, 5.74) is 4.08. The van der Waals surface area contributed by atoms with Gasteiger partial charge in [-0.25, -0.2) is 0 Å². The van der Waals surface area contributed by atoms with Gasteiger partial charge in [0.05, 0.1) is 22.6 Å². The van der Waals surface area contributed by atoms with Crippen molar-refractivity contribution in [3.63, 3.8) is 0 Å². The van der Waals surface area contributed by atoms with Gasteiger partial charge in [0.2, 0.25) is 0 Å². The lowest BCUT2D eigenvalue weighted by Gasteiger charge is -2.23. The van der Waals surface area contributed by atoms with E-state index in [0.29, 0.717) is 0 Å². The van der Waals surface area contributed by atoms with Crippen molar-refractivity contribution in [1.29, 1.82) is 0 Å². The van der Waals surface area contributed by atoms with Crippen LogP contribution in [0.15, 0.2) is 78.9 Å². The van der Waals surface area contributed by atoms with Gasteiger partial charge in [-0.3, -0.25) is 0 Å².